The quantitative estimate of drug-likeness (QED) is 0.570. The number of amides is 1. The van der Waals surface area contributed by atoms with E-state index in [1.807, 2.05) is 38.4 Å². The van der Waals surface area contributed by atoms with Crippen molar-refractivity contribution < 1.29 is 4.79 Å². The fourth-order valence-electron chi connectivity index (χ4n) is 1.93. The Kier molecular flexibility index (Phi) is 3.53. The molecule has 1 aromatic carbocycles. The van der Waals surface area contributed by atoms with Crippen LogP contribution >= 0.6 is 12.2 Å². The van der Waals surface area contributed by atoms with Crippen LogP contribution in [0.4, 0.5) is 5.69 Å². The standard InChI is InChI=1S/C13H16N4OS/c1-15(2)13(19)17(4)14-11-9-7-5-6-8-10(9)16(3)12(11)18/h5-8H,1-4H3. The molecule has 0 unspecified atom stereocenters. The number of fused-ring (bicyclic) bond motifs is 1. The maximum absolute atomic E-state index is 12.2. The van der Waals surface area contributed by atoms with Gasteiger partial charge in [-0.15, -0.1) is 0 Å². The molecule has 100 valence electrons. The first-order valence-corrected chi connectivity index (χ1v) is 6.25. The van der Waals surface area contributed by atoms with Gasteiger partial charge in [0.15, 0.2) is 10.8 Å². The van der Waals surface area contributed by atoms with E-state index in [4.69, 9.17) is 12.2 Å². The third-order valence-electron chi connectivity index (χ3n) is 2.94. The highest BCUT2D eigenvalue weighted by Gasteiger charge is 2.31. The first-order valence-electron chi connectivity index (χ1n) is 5.84. The SMILES string of the molecule is CN(C)C(=S)N(C)N=C1C(=O)N(C)c2ccccc21. The van der Waals surface area contributed by atoms with E-state index < -0.39 is 0 Å². The summed E-state index contributed by atoms with van der Waals surface area (Å²) in [4.78, 5) is 15.6. The van der Waals surface area contributed by atoms with Crippen molar-refractivity contribution in [1.82, 2.24) is 9.91 Å². The second kappa shape index (κ2) is 4.97. The fourth-order valence-corrected chi connectivity index (χ4v) is 1.97. The molecule has 0 bridgehead atoms. The van der Waals surface area contributed by atoms with Gasteiger partial charge in [-0.1, -0.05) is 18.2 Å². The number of para-hydroxylation sites is 1. The van der Waals surface area contributed by atoms with Crippen molar-refractivity contribution in [3.63, 3.8) is 0 Å². The zero-order chi connectivity index (χ0) is 14.2. The summed E-state index contributed by atoms with van der Waals surface area (Å²) in [7, 11) is 7.17. The molecular formula is C13H16N4OS. The van der Waals surface area contributed by atoms with Crippen molar-refractivity contribution in [2.45, 2.75) is 0 Å². The van der Waals surface area contributed by atoms with Crippen molar-refractivity contribution in [1.29, 1.82) is 0 Å². The number of nitrogens with zero attached hydrogens (tertiary/aromatic N) is 4. The van der Waals surface area contributed by atoms with Gasteiger partial charge in [-0.05, 0) is 18.3 Å². The average Bonchev–Trinajstić information content (AvgIpc) is 2.63. The number of thiocarbonyl (C=S) groups is 1. The molecule has 1 aliphatic heterocycles. The minimum atomic E-state index is -0.116. The number of hydrogen-bond acceptors (Lipinski definition) is 3. The second-order valence-electron chi connectivity index (χ2n) is 4.53. The number of carbonyl (C=O) groups is 1. The fraction of sp³-hybridized carbons (Fsp3) is 0.308. The van der Waals surface area contributed by atoms with Crippen LogP contribution < -0.4 is 4.90 Å². The zero-order valence-electron chi connectivity index (χ0n) is 11.4. The monoisotopic (exact) mass is 276 g/mol. The van der Waals surface area contributed by atoms with E-state index in [2.05, 4.69) is 5.10 Å². The number of hydrogen-bond donors (Lipinski definition) is 0. The average molecular weight is 276 g/mol. The topological polar surface area (TPSA) is 39.1 Å². The van der Waals surface area contributed by atoms with Gasteiger partial charge in [0.1, 0.15) is 0 Å². The lowest BCUT2D eigenvalue weighted by Gasteiger charge is -2.21. The molecule has 19 heavy (non-hydrogen) atoms. The molecule has 0 saturated carbocycles. The summed E-state index contributed by atoms with van der Waals surface area (Å²) in [6, 6.07) is 7.59. The van der Waals surface area contributed by atoms with Crippen LogP contribution in [0.15, 0.2) is 29.4 Å². The summed E-state index contributed by atoms with van der Waals surface area (Å²) in [5.74, 6) is -0.116. The van der Waals surface area contributed by atoms with Crippen LogP contribution in [0.25, 0.3) is 0 Å². The highest BCUT2D eigenvalue weighted by molar-refractivity contribution is 7.80. The highest BCUT2D eigenvalue weighted by Crippen LogP contribution is 2.27. The normalized spacial score (nSPS) is 15.7. The molecule has 0 N–H and O–H groups in total. The number of carbonyl (C=O) groups excluding carboxylic acids is 1. The van der Waals surface area contributed by atoms with Crippen LogP contribution in [0.3, 0.4) is 0 Å². The van der Waals surface area contributed by atoms with E-state index in [1.54, 1.807) is 28.9 Å². The summed E-state index contributed by atoms with van der Waals surface area (Å²) in [5, 5.41) is 6.43. The molecule has 1 heterocycles. The Morgan fingerprint density at radius 1 is 1.26 bits per heavy atom. The minimum absolute atomic E-state index is 0.116. The third-order valence-corrected chi connectivity index (χ3v) is 3.57. The molecule has 0 saturated heterocycles. The summed E-state index contributed by atoms with van der Waals surface area (Å²) >= 11 is 5.22. The smallest absolute Gasteiger partial charge is 0.279 e. The van der Waals surface area contributed by atoms with E-state index in [0.29, 0.717) is 10.8 Å². The molecule has 0 spiro atoms. The van der Waals surface area contributed by atoms with Crippen molar-refractivity contribution in [3.8, 4) is 0 Å². The van der Waals surface area contributed by atoms with Crippen molar-refractivity contribution in [2.24, 2.45) is 5.10 Å². The zero-order valence-corrected chi connectivity index (χ0v) is 12.2. The maximum atomic E-state index is 12.2. The van der Waals surface area contributed by atoms with E-state index in [9.17, 15) is 4.79 Å². The van der Waals surface area contributed by atoms with Gasteiger partial charge in [0.25, 0.3) is 5.91 Å². The summed E-state index contributed by atoms with van der Waals surface area (Å²) in [5.41, 5.74) is 2.13. The minimum Gasteiger partial charge on any atom is -0.354 e. The lowest BCUT2D eigenvalue weighted by Crippen LogP contribution is -2.35. The Hall–Kier alpha value is -1.95. The number of hydrazone groups is 1. The molecule has 0 aliphatic carbocycles. The Morgan fingerprint density at radius 3 is 2.53 bits per heavy atom. The molecule has 6 heteroatoms. The van der Waals surface area contributed by atoms with Crippen molar-refractivity contribution >= 4 is 34.6 Å². The van der Waals surface area contributed by atoms with Gasteiger partial charge in [0.2, 0.25) is 0 Å². The molecule has 1 amide bonds. The van der Waals surface area contributed by atoms with Gasteiger partial charge in [-0.25, -0.2) is 5.01 Å². The van der Waals surface area contributed by atoms with Crippen LogP contribution in [0.2, 0.25) is 0 Å². The largest absolute Gasteiger partial charge is 0.354 e. The predicted octanol–water partition coefficient (Wildman–Crippen LogP) is 1.15. The number of rotatable bonds is 1. The van der Waals surface area contributed by atoms with E-state index in [-0.39, 0.29) is 5.91 Å². The Labute approximate surface area is 118 Å². The number of likely N-dealkylation sites (N-methyl/N-ethyl adjacent to an activating group) is 1. The van der Waals surface area contributed by atoms with Gasteiger partial charge in [-0.2, -0.15) is 5.10 Å². The number of anilines is 1. The Bertz CT molecular complexity index is 568. The predicted molar refractivity (Wildman–Crippen MR) is 80.4 cm³/mol. The summed E-state index contributed by atoms with van der Waals surface area (Å²) in [6.45, 7) is 0. The maximum Gasteiger partial charge on any atom is 0.279 e. The van der Waals surface area contributed by atoms with Gasteiger partial charge < -0.3 is 9.80 Å². The second-order valence-corrected chi connectivity index (χ2v) is 4.90. The molecule has 0 radical (unpaired) electrons. The lowest BCUT2D eigenvalue weighted by atomic mass is 10.1. The number of benzene rings is 1. The highest BCUT2D eigenvalue weighted by atomic mass is 32.1. The molecule has 2 rings (SSSR count). The van der Waals surface area contributed by atoms with Crippen LogP contribution in [0, 0.1) is 0 Å². The van der Waals surface area contributed by atoms with Crippen molar-refractivity contribution in [3.05, 3.63) is 29.8 Å². The first-order chi connectivity index (χ1) is 8.93. The first kappa shape index (κ1) is 13.5. The third kappa shape index (κ3) is 2.31. The van der Waals surface area contributed by atoms with E-state index in [1.165, 1.54) is 0 Å². The van der Waals surface area contributed by atoms with Crippen molar-refractivity contribution in [2.75, 3.05) is 33.1 Å². The summed E-state index contributed by atoms with van der Waals surface area (Å²) < 4.78 is 0. The summed E-state index contributed by atoms with van der Waals surface area (Å²) in [6.07, 6.45) is 0. The molecule has 0 aromatic heterocycles. The van der Waals surface area contributed by atoms with E-state index in [0.717, 1.165) is 11.3 Å². The van der Waals surface area contributed by atoms with Gasteiger partial charge in [-0.3, -0.25) is 4.79 Å². The Balaban J connectivity index is 2.41. The van der Waals surface area contributed by atoms with Gasteiger partial charge in [0.05, 0.1) is 5.69 Å². The van der Waals surface area contributed by atoms with E-state index >= 15 is 0 Å². The molecule has 5 nitrogen and oxygen atoms in total. The molecular weight excluding hydrogens is 260 g/mol. The van der Waals surface area contributed by atoms with Crippen LogP contribution in [-0.2, 0) is 4.79 Å². The molecule has 0 atom stereocenters. The van der Waals surface area contributed by atoms with Crippen LogP contribution in [-0.4, -0.2) is 54.8 Å². The van der Waals surface area contributed by atoms with Gasteiger partial charge in [0, 0.05) is 33.8 Å². The van der Waals surface area contributed by atoms with Crippen LogP contribution in [0.1, 0.15) is 5.56 Å². The Morgan fingerprint density at radius 2 is 1.89 bits per heavy atom. The molecule has 1 aliphatic rings. The van der Waals surface area contributed by atoms with Crippen LogP contribution in [0.5, 0.6) is 0 Å². The lowest BCUT2D eigenvalue weighted by molar-refractivity contribution is -0.112. The van der Waals surface area contributed by atoms with Gasteiger partial charge >= 0.3 is 0 Å². The molecule has 1 aromatic rings. The molecule has 0 fully saturated rings.